The summed E-state index contributed by atoms with van der Waals surface area (Å²) in [7, 11) is 2.30. The van der Waals surface area contributed by atoms with Crippen molar-refractivity contribution < 1.29 is 0 Å². The summed E-state index contributed by atoms with van der Waals surface area (Å²) >= 11 is 0. The van der Waals surface area contributed by atoms with Gasteiger partial charge in [0.05, 0.1) is 0 Å². The molecule has 1 nitrogen and oxygen atoms in total. The Kier molecular flexibility index (Phi) is 3.49. The lowest BCUT2D eigenvalue weighted by molar-refractivity contribution is 0.178. The topological polar surface area (TPSA) is 3.24 Å². The van der Waals surface area contributed by atoms with Crippen LogP contribution in [0.4, 0.5) is 0 Å². The molecule has 1 aromatic rings. The summed E-state index contributed by atoms with van der Waals surface area (Å²) in [4.78, 5) is 2.57. The molecule has 0 amide bonds. The average molecular weight is 255 g/mol. The molecule has 19 heavy (non-hydrogen) atoms. The van der Waals surface area contributed by atoms with Gasteiger partial charge in [-0.05, 0) is 63.1 Å². The van der Waals surface area contributed by atoms with Crippen LogP contribution in [-0.2, 0) is 0 Å². The largest absolute Gasteiger partial charge is 0.297 e. The summed E-state index contributed by atoms with van der Waals surface area (Å²) < 4.78 is 0. The quantitative estimate of drug-likeness (QED) is 0.782. The number of nitrogens with zero attached hydrogens (tertiary/aromatic N) is 1. The van der Waals surface area contributed by atoms with Crippen LogP contribution in [0.15, 0.2) is 36.4 Å². The van der Waals surface area contributed by atoms with Crippen LogP contribution in [0.25, 0.3) is 5.57 Å². The average Bonchev–Trinajstić information content (AvgIpc) is 2.80. The molecule has 0 aromatic heterocycles. The summed E-state index contributed by atoms with van der Waals surface area (Å²) in [6.45, 7) is 4.62. The summed E-state index contributed by atoms with van der Waals surface area (Å²) in [5.74, 6) is 1.69. The highest BCUT2D eigenvalue weighted by atomic mass is 15.2. The molecule has 3 atom stereocenters. The van der Waals surface area contributed by atoms with E-state index in [2.05, 4.69) is 62.2 Å². The van der Waals surface area contributed by atoms with Crippen LogP contribution >= 0.6 is 0 Å². The second-order valence-corrected chi connectivity index (χ2v) is 6.53. The highest BCUT2D eigenvalue weighted by Gasteiger charge is 2.39. The summed E-state index contributed by atoms with van der Waals surface area (Å²) in [5, 5.41) is 0. The molecule has 0 unspecified atom stereocenters. The third-order valence-electron chi connectivity index (χ3n) is 5.05. The van der Waals surface area contributed by atoms with E-state index in [-0.39, 0.29) is 0 Å². The van der Waals surface area contributed by atoms with Crippen molar-refractivity contribution in [2.75, 3.05) is 7.05 Å². The third-order valence-corrected chi connectivity index (χ3v) is 5.05. The Bertz CT molecular complexity index is 460. The molecule has 3 rings (SSSR count). The van der Waals surface area contributed by atoms with E-state index < -0.39 is 0 Å². The van der Waals surface area contributed by atoms with Gasteiger partial charge in [0.2, 0.25) is 0 Å². The summed E-state index contributed by atoms with van der Waals surface area (Å²) in [6, 6.07) is 12.2. The van der Waals surface area contributed by atoms with Gasteiger partial charge in [0, 0.05) is 12.1 Å². The molecule has 2 aliphatic rings. The van der Waals surface area contributed by atoms with Crippen LogP contribution in [-0.4, -0.2) is 24.0 Å². The number of likely N-dealkylation sites (N-methyl/N-ethyl adjacent to an activating group) is 1. The van der Waals surface area contributed by atoms with Crippen molar-refractivity contribution in [2.24, 2.45) is 11.8 Å². The number of hydrogen-bond acceptors (Lipinski definition) is 1. The summed E-state index contributed by atoms with van der Waals surface area (Å²) in [6.07, 6.45) is 6.77. The molecule has 0 saturated heterocycles. The summed E-state index contributed by atoms with van der Waals surface area (Å²) in [5.41, 5.74) is 3.01. The van der Waals surface area contributed by atoms with Gasteiger partial charge < -0.3 is 0 Å². The normalized spacial score (nSPS) is 29.9. The van der Waals surface area contributed by atoms with Crippen molar-refractivity contribution in [3.05, 3.63) is 42.0 Å². The van der Waals surface area contributed by atoms with Gasteiger partial charge in [-0.25, -0.2) is 0 Å². The van der Waals surface area contributed by atoms with Crippen molar-refractivity contribution in [3.63, 3.8) is 0 Å². The lowest BCUT2D eigenvalue weighted by Gasteiger charge is -2.39. The number of rotatable bonds is 3. The molecule has 102 valence electrons. The molecule has 0 radical (unpaired) electrons. The molecule has 1 heteroatoms. The maximum atomic E-state index is 2.57. The lowest BCUT2D eigenvalue weighted by Crippen LogP contribution is -2.43. The Balaban J connectivity index is 1.99. The van der Waals surface area contributed by atoms with E-state index in [1.165, 1.54) is 24.8 Å². The monoisotopic (exact) mass is 255 g/mol. The van der Waals surface area contributed by atoms with Crippen molar-refractivity contribution in [1.29, 1.82) is 0 Å². The molecule has 0 heterocycles. The van der Waals surface area contributed by atoms with Crippen LogP contribution in [0, 0.1) is 11.8 Å². The molecule has 1 aromatic carbocycles. The SMILES string of the molecule is CC(C)N(C)[C@@H]1C(c2ccccc2)=C[C@H]2CC[C@H]1C2. The maximum absolute atomic E-state index is 2.57. The molecule has 0 spiro atoms. The van der Waals surface area contributed by atoms with Crippen LogP contribution in [0.2, 0.25) is 0 Å². The van der Waals surface area contributed by atoms with Gasteiger partial charge in [-0.15, -0.1) is 0 Å². The zero-order valence-corrected chi connectivity index (χ0v) is 12.3. The highest BCUT2D eigenvalue weighted by molar-refractivity contribution is 5.71. The van der Waals surface area contributed by atoms with Gasteiger partial charge in [0.15, 0.2) is 0 Å². The highest BCUT2D eigenvalue weighted by Crippen LogP contribution is 2.46. The van der Waals surface area contributed by atoms with Gasteiger partial charge in [0.25, 0.3) is 0 Å². The first kappa shape index (κ1) is 12.9. The predicted octanol–water partition coefficient (Wildman–Crippen LogP) is 4.21. The molecule has 1 saturated carbocycles. The van der Waals surface area contributed by atoms with Gasteiger partial charge >= 0.3 is 0 Å². The molecule has 0 N–H and O–H groups in total. The Morgan fingerprint density at radius 2 is 1.84 bits per heavy atom. The van der Waals surface area contributed by atoms with E-state index in [9.17, 15) is 0 Å². The van der Waals surface area contributed by atoms with Crippen molar-refractivity contribution >= 4 is 5.57 Å². The first-order valence-corrected chi connectivity index (χ1v) is 7.66. The van der Waals surface area contributed by atoms with E-state index >= 15 is 0 Å². The minimum atomic E-state index is 0.606. The Morgan fingerprint density at radius 1 is 1.11 bits per heavy atom. The third kappa shape index (κ3) is 2.36. The van der Waals surface area contributed by atoms with Gasteiger partial charge in [0.1, 0.15) is 0 Å². The molecular weight excluding hydrogens is 230 g/mol. The van der Waals surface area contributed by atoms with Crippen LogP contribution < -0.4 is 0 Å². The zero-order chi connectivity index (χ0) is 13.4. The molecular formula is C18H25N. The van der Waals surface area contributed by atoms with Crippen LogP contribution in [0.3, 0.4) is 0 Å². The Labute approximate surface area is 117 Å². The standard InChI is InChI=1S/C18H25N/c1-13(2)19(3)18-16-10-9-14(11-16)12-17(18)15-7-5-4-6-8-15/h4-8,12-14,16,18H,9-11H2,1-3H3/t14-,16-,18-/m0/s1. The van der Waals surface area contributed by atoms with Gasteiger partial charge in [-0.1, -0.05) is 36.4 Å². The molecule has 2 aliphatic carbocycles. The minimum absolute atomic E-state index is 0.606. The van der Waals surface area contributed by atoms with E-state index in [0.717, 1.165) is 11.8 Å². The van der Waals surface area contributed by atoms with Crippen LogP contribution in [0.1, 0.15) is 38.7 Å². The maximum Gasteiger partial charge on any atom is 0.0379 e. The van der Waals surface area contributed by atoms with Crippen molar-refractivity contribution in [3.8, 4) is 0 Å². The van der Waals surface area contributed by atoms with Crippen molar-refractivity contribution in [1.82, 2.24) is 4.90 Å². The second kappa shape index (κ2) is 5.13. The van der Waals surface area contributed by atoms with Crippen molar-refractivity contribution in [2.45, 2.75) is 45.2 Å². The van der Waals surface area contributed by atoms with E-state index in [4.69, 9.17) is 0 Å². The lowest BCUT2D eigenvalue weighted by atomic mass is 9.80. The fourth-order valence-electron chi connectivity index (χ4n) is 3.87. The molecule has 0 aliphatic heterocycles. The number of allylic oxidation sites excluding steroid dienone is 1. The first-order chi connectivity index (χ1) is 9.16. The predicted molar refractivity (Wildman–Crippen MR) is 81.9 cm³/mol. The second-order valence-electron chi connectivity index (χ2n) is 6.53. The fraction of sp³-hybridized carbons (Fsp3) is 0.556. The fourth-order valence-corrected chi connectivity index (χ4v) is 3.87. The Hall–Kier alpha value is -1.08. The number of hydrogen-bond donors (Lipinski definition) is 0. The molecule has 1 fully saturated rings. The number of benzene rings is 1. The Morgan fingerprint density at radius 3 is 2.53 bits per heavy atom. The zero-order valence-electron chi connectivity index (χ0n) is 12.3. The van der Waals surface area contributed by atoms with Crippen LogP contribution in [0.5, 0.6) is 0 Å². The van der Waals surface area contributed by atoms with Gasteiger partial charge in [-0.3, -0.25) is 4.90 Å². The number of fused-ring (bicyclic) bond motifs is 2. The molecule has 2 bridgehead atoms. The first-order valence-electron chi connectivity index (χ1n) is 7.66. The van der Waals surface area contributed by atoms with E-state index in [0.29, 0.717) is 12.1 Å². The van der Waals surface area contributed by atoms with E-state index in [1.54, 1.807) is 5.57 Å². The minimum Gasteiger partial charge on any atom is -0.297 e. The van der Waals surface area contributed by atoms with Gasteiger partial charge in [-0.2, -0.15) is 0 Å². The smallest absolute Gasteiger partial charge is 0.0379 e. The van der Waals surface area contributed by atoms with E-state index in [1.807, 2.05) is 0 Å².